The van der Waals surface area contributed by atoms with Gasteiger partial charge >= 0.3 is 0 Å². The number of halogens is 2. The van der Waals surface area contributed by atoms with Crippen LogP contribution in [0.25, 0.3) is 0 Å². The quantitative estimate of drug-likeness (QED) is 0.384. The number of benzene rings is 1. The fourth-order valence-electron chi connectivity index (χ4n) is 1.90. The highest BCUT2D eigenvalue weighted by Crippen LogP contribution is 2.30. The zero-order valence-corrected chi connectivity index (χ0v) is 15.1. The molecule has 1 aliphatic heterocycles. The number of phenols is 1. The Bertz CT molecular complexity index is 548. The summed E-state index contributed by atoms with van der Waals surface area (Å²) in [7, 11) is 0. The first-order valence-electron chi connectivity index (χ1n) is 6.43. The van der Waals surface area contributed by atoms with Crippen molar-refractivity contribution in [1.82, 2.24) is 10.7 Å². The van der Waals surface area contributed by atoms with Gasteiger partial charge in [-0.05, 0) is 53.1 Å². The van der Waals surface area contributed by atoms with Gasteiger partial charge in [0, 0.05) is 23.2 Å². The second-order valence-electron chi connectivity index (χ2n) is 4.54. The molecule has 1 heterocycles. The molecule has 1 unspecified atom stereocenters. The molecule has 0 aromatic heterocycles. The average Bonchev–Trinajstić information content (AvgIpc) is 2.95. The van der Waals surface area contributed by atoms with Crippen molar-refractivity contribution in [2.24, 2.45) is 5.10 Å². The number of nitrogens with zero attached hydrogens (tertiary/aromatic N) is 1. The number of nitrogens with one attached hydrogen (secondary N) is 2. The van der Waals surface area contributed by atoms with Crippen LogP contribution in [-0.4, -0.2) is 35.7 Å². The maximum atomic E-state index is 9.88. The number of rotatable bonds is 4. The molecule has 1 aliphatic rings. The van der Waals surface area contributed by atoms with Crippen molar-refractivity contribution < 1.29 is 9.84 Å². The molecule has 0 aliphatic carbocycles. The Labute approximate surface area is 145 Å². The Morgan fingerprint density at radius 3 is 3.05 bits per heavy atom. The highest BCUT2D eigenvalue weighted by Gasteiger charge is 2.15. The number of hydrogen-bond donors (Lipinski definition) is 3. The van der Waals surface area contributed by atoms with Gasteiger partial charge in [-0.25, -0.2) is 0 Å². The zero-order valence-electron chi connectivity index (χ0n) is 11.1. The minimum absolute atomic E-state index is 0.127. The molecule has 0 amide bonds. The predicted molar refractivity (Wildman–Crippen MR) is 93.8 cm³/mol. The summed E-state index contributed by atoms with van der Waals surface area (Å²) in [4.78, 5) is 0. The molecule has 0 spiro atoms. The molecule has 8 heteroatoms. The van der Waals surface area contributed by atoms with E-state index in [1.807, 2.05) is 0 Å². The second kappa shape index (κ2) is 8.07. The van der Waals surface area contributed by atoms with E-state index in [1.54, 1.807) is 12.1 Å². The maximum absolute atomic E-state index is 9.88. The lowest BCUT2D eigenvalue weighted by atomic mass is 10.2. The van der Waals surface area contributed by atoms with Gasteiger partial charge in [-0.1, -0.05) is 15.9 Å². The minimum atomic E-state index is 0.127. The first-order chi connectivity index (χ1) is 10.1. The first-order valence-corrected chi connectivity index (χ1v) is 8.42. The van der Waals surface area contributed by atoms with E-state index in [1.165, 1.54) is 6.21 Å². The number of aromatic hydroxyl groups is 1. The van der Waals surface area contributed by atoms with Gasteiger partial charge in [-0.3, -0.25) is 5.43 Å². The number of phenolic OH excluding ortho intramolecular Hbond substituents is 1. The number of hydrazone groups is 1. The van der Waals surface area contributed by atoms with Crippen LogP contribution >= 0.6 is 44.1 Å². The second-order valence-corrected chi connectivity index (χ2v) is 6.72. The summed E-state index contributed by atoms with van der Waals surface area (Å²) in [6.07, 6.45) is 3.88. The molecule has 1 atom stereocenters. The summed E-state index contributed by atoms with van der Waals surface area (Å²) in [6.45, 7) is 1.50. The van der Waals surface area contributed by atoms with Gasteiger partial charge in [0.05, 0.1) is 16.8 Å². The lowest BCUT2D eigenvalue weighted by molar-refractivity contribution is 0.114. The van der Waals surface area contributed by atoms with Crippen LogP contribution in [0.2, 0.25) is 0 Å². The smallest absolute Gasteiger partial charge is 0.187 e. The summed E-state index contributed by atoms with van der Waals surface area (Å²) in [5.74, 6) is 0.127. The molecule has 3 N–H and O–H groups in total. The fourth-order valence-corrected chi connectivity index (χ4v) is 3.29. The van der Waals surface area contributed by atoms with E-state index in [-0.39, 0.29) is 11.9 Å². The average molecular weight is 437 g/mol. The van der Waals surface area contributed by atoms with E-state index in [0.717, 1.165) is 23.9 Å². The SMILES string of the molecule is Oc1c(Br)cc(Br)cc1/C=N/NC(=S)NCC1CCCO1. The van der Waals surface area contributed by atoms with Gasteiger partial charge < -0.3 is 15.2 Å². The molecule has 1 aromatic rings. The van der Waals surface area contributed by atoms with Crippen molar-refractivity contribution in [3.05, 3.63) is 26.6 Å². The van der Waals surface area contributed by atoms with Crippen molar-refractivity contribution in [1.29, 1.82) is 0 Å². The largest absolute Gasteiger partial charge is 0.506 e. The topological polar surface area (TPSA) is 65.9 Å². The molecular weight excluding hydrogens is 422 g/mol. The normalized spacial score (nSPS) is 18.1. The number of ether oxygens (including phenoxy) is 1. The van der Waals surface area contributed by atoms with E-state index in [2.05, 4.69) is 47.7 Å². The molecule has 114 valence electrons. The third-order valence-corrected chi connectivity index (χ3v) is 4.24. The molecule has 2 rings (SSSR count). The van der Waals surface area contributed by atoms with Crippen LogP contribution in [0.1, 0.15) is 18.4 Å². The summed E-state index contributed by atoms with van der Waals surface area (Å²) in [5.41, 5.74) is 3.29. The Morgan fingerprint density at radius 2 is 2.33 bits per heavy atom. The number of hydrogen-bond acceptors (Lipinski definition) is 4. The van der Waals surface area contributed by atoms with Crippen LogP contribution in [0, 0.1) is 0 Å². The van der Waals surface area contributed by atoms with E-state index >= 15 is 0 Å². The molecule has 0 bridgehead atoms. The predicted octanol–water partition coefficient (Wildman–Crippen LogP) is 2.89. The van der Waals surface area contributed by atoms with Crippen molar-refractivity contribution in [2.45, 2.75) is 18.9 Å². The van der Waals surface area contributed by atoms with Gasteiger partial charge in [0.25, 0.3) is 0 Å². The van der Waals surface area contributed by atoms with Crippen molar-refractivity contribution in [3.8, 4) is 5.75 Å². The van der Waals surface area contributed by atoms with E-state index < -0.39 is 0 Å². The lowest BCUT2D eigenvalue weighted by Crippen LogP contribution is -2.37. The van der Waals surface area contributed by atoms with Crippen LogP contribution in [0.5, 0.6) is 5.75 Å². The molecule has 1 saturated heterocycles. The monoisotopic (exact) mass is 435 g/mol. The maximum Gasteiger partial charge on any atom is 0.187 e. The van der Waals surface area contributed by atoms with Gasteiger partial charge in [0.1, 0.15) is 5.75 Å². The van der Waals surface area contributed by atoms with Crippen LogP contribution < -0.4 is 10.7 Å². The third-order valence-electron chi connectivity index (χ3n) is 2.94. The van der Waals surface area contributed by atoms with Gasteiger partial charge in [-0.15, -0.1) is 0 Å². The van der Waals surface area contributed by atoms with E-state index in [4.69, 9.17) is 17.0 Å². The summed E-state index contributed by atoms with van der Waals surface area (Å²) >= 11 is 11.7. The van der Waals surface area contributed by atoms with Crippen LogP contribution in [0.3, 0.4) is 0 Å². The summed E-state index contributed by atoms with van der Waals surface area (Å²) in [6, 6.07) is 3.52. The van der Waals surface area contributed by atoms with Crippen LogP contribution in [0.4, 0.5) is 0 Å². The van der Waals surface area contributed by atoms with E-state index in [0.29, 0.717) is 21.7 Å². The third kappa shape index (κ3) is 5.21. The molecule has 1 aromatic carbocycles. The minimum Gasteiger partial charge on any atom is -0.506 e. The van der Waals surface area contributed by atoms with E-state index in [9.17, 15) is 5.11 Å². The molecule has 0 saturated carbocycles. The lowest BCUT2D eigenvalue weighted by Gasteiger charge is -2.11. The molecule has 5 nitrogen and oxygen atoms in total. The van der Waals surface area contributed by atoms with Gasteiger partial charge in [0.15, 0.2) is 5.11 Å². The summed E-state index contributed by atoms with van der Waals surface area (Å²) < 4.78 is 6.92. The highest BCUT2D eigenvalue weighted by molar-refractivity contribution is 9.11. The van der Waals surface area contributed by atoms with Crippen molar-refractivity contribution in [3.63, 3.8) is 0 Å². The summed E-state index contributed by atoms with van der Waals surface area (Å²) in [5, 5.41) is 17.4. The Hall–Kier alpha value is -0.700. The zero-order chi connectivity index (χ0) is 15.2. The van der Waals surface area contributed by atoms with Gasteiger partial charge in [0.2, 0.25) is 0 Å². The molecule has 1 fully saturated rings. The standard InChI is InChI=1S/C13H15Br2N3O2S/c14-9-4-8(12(19)11(15)5-9)6-17-18-13(21)16-7-10-2-1-3-20-10/h4-6,10,19H,1-3,7H2,(H2,16,18,21)/b17-6+. The highest BCUT2D eigenvalue weighted by atomic mass is 79.9. The van der Waals surface area contributed by atoms with Crippen molar-refractivity contribution in [2.75, 3.05) is 13.2 Å². The Kier molecular flexibility index (Phi) is 6.40. The van der Waals surface area contributed by atoms with Crippen molar-refractivity contribution >= 4 is 55.4 Å². The van der Waals surface area contributed by atoms with Crippen LogP contribution in [0.15, 0.2) is 26.2 Å². The fraction of sp³-hybridized carbons (Fsp3) is 0.385. The molecule has 0 radical (unpaired) electrons. The van der Waals surface area contributed by atoms with Gasteiger partial charge in [-0.2, -0.15) is 5.10 Å². The first kappa shape index (κ1) is 16.7. The molecule has 21 heavy (non-hydrogen) atoms. The Balaban J connectivity index is 1.82. The molecular formula is C13H15Br2N3O2S. The Morgan fingerprint density at radius 1 is 1.52 bits per heavy atom. The van der Waals surface area contributed by atoms with Crippen LogP contribution in [-0.2, 0) is 4.74 Å². The number of thiocarbonyl (C=S) groups is 1.